The molecule has 1 aromatic rings. The van der Waals surface area contributed by atoms with Crippen LogP contribution < -0.4 is 5.73 Å². The summed E-state index contributed by atoms with van der Waals surface area (Å²) in [7, 11) is 0. The molecule has 110 valence electrons. The molecule has 3 nitrogen and oxygen atoms in total. The number of piperidine rings is 1. The minimum absolute atomic E-state index is 0.237. The second kappa shape index (κ2) is 7.36. The maximum Gasteiger partial charge on any atom is 0.233 e. The van der Waals surface area contributed by atoms with Crippen molar-refractivity contribution in [2.24, 2.45) is 0 Å². The monoisotopic (exact) mass is 356 g/mol. The molecule has 1 unspecified atom stereocenters. The Morgan fingerprint density at radius 3 is 3.05 bits per heavy atom. The largest absolute Gasteiger partial charge is 0.398 e. The zero-order chi connectivity index (χ0) is 14.5. The van der Waals surface area contributed by atoms with Crippen molar-refractivity contribution >= 4 is 39.3 Å². The fraction of sp³-hybridized carbons (Fsp3) is 0.533. The Hall–Kier alpha value is -0.680. The van der Waals surface area contributed by atoms with E-state index in [4.69, 9.17) is 5.73 Å². The molecule has 0 radical (unpaired) electrons. The average Bonchev–Trinajstić information content (AvgIpc) is 2.47. The lowest BCUT2D eigenvalue weighted by Crippen LogP contribution is -2.44. The highest BCUT2D eigenvalue weighted by molar-refractivity contribution is 9.10. The van der Waals surface area contributed by atoms with E-state index >= 15 is 0 Å². The van der Waals surface area contributed by atoms with Crippen LogP contribution in [0, 0.1) is 0 Å². The van der Waals surface area contributed by atoms with Crippen molar-refractivity contribution in [1.82, 2.24) is 4.90 Å². The van der Waals surface area contributed by atoms with Crippen molar-refractivity contribution in [3.63, 3.8) is 0 Å². The summed E-state index contributed by atoms with van der Waals surface area (Å²) in [6.45, 7) is 3.07. The van der Waals surface area contributed by atoms with Crippen molar-refractivity contribution in [3.8, 4) is 0 Å². The van der Waals surface area contributed by atoms with E-state index in [1.165, 1.54) is 18.2 Å². The lowest BCUT2D eigenvalue weighted by molar-refractivity contribution is -0.132. The van der Waals surface area contributed by atoms with E-state index in [-0.39, 0.29) is 5.91 Å². The molecule has 1 aliphatic rings. The summed E-state index contributed by atoms with van der Waals surface area (Å²) < 4.78 is 0.992. The van der Waals surface area contributed by atoms with E-state index in [1.807, 2.05) is 18.2 Å². The van der Waals surface area contributed by atoms with Crippen LogP contribution in [0.25, 0.3) is 0 Å². The van der Waals surface area contributed by atoms with Gasteiger partial charge in [-0.05, 0) is 43.9 Å². The third-order valence-corrected chi connectivity index (χ3v) is 5.29. The minimum Gasteiger partial charge on any atom is -0.398 e. The molecule has 0 saturated carbocycles. The van der Waals surface area contributed by atoms with Gasteiger partial charge in [0, 0.05) is 27.6 Å². The number of hydrogen-bond donors (Lipinski definition) is 1. The van der Waals surface area contributed by atoms with Crippen molar-refractivity contribution in [2.45, 2.75) is 43.5 Å². The number of nitrogens with zero attached hydrogens (tertiary/aromatic N) is 1. The Kier molecular flexibility index (Phi) is 5.78. The zero-order valence-electron chi connectivity index (χ0n) is 11.8. The maximum absolute atomic E-state index is 12.4. The van der Waals surface area contributed by atoms with Crippen LogP contribution in [0.3, 0.4) is 0 Å². The number of halogens is 1. The van der Waals surface area contributed by atoms with Crippen molar-refractivity contribution in [2.75, 3.05) is 18.0 Å². The van der Waals surface area contributed by atoms with E-state index in [0.29, 0.717) is 11.8 Å². The minimum atomic E-state index is 0.237. The predicted octanol–water partition coefficient (Wildman–Crippen LogP) is 3.91. The molecular formula is C15H21BrN2OS. The first-order chi connectivity index (χ1) is 9.61. The van der Waals surface area contributed by atoms with E-state index in [9.17, 15) is 4.79 Å². The second-order valence-corrected chi connectivity index (χ2v) is 7.05. The first kappa shape index (κ1) is 15.7. The Labute approximate surface area is 133 Å². The molecule has 1 heterocycles. The average molecular weight is 357 g/mol. The SMILES string of the molecule is CCC1CCCCN1C(=O)CSc1cc(Br)ccc1N. The zero-order valence-corrected chi connectivity index (χ0v) is 14.2. The van der Waals surface area contributed by atoms with Crippen molar-refractivity contribution in [3.05, 3.63) is 22.7 Å². The molecule has 1 amide bonds. The Morgan fingerprint density at radius 1 is 1.50 bits per heavy atom. The number of anilines is 1. The topological polar surface area (TPSA) is 46.3 Å². The van der Waals surface area contributed by atoms with Gasteiger partial charge in [-0.1, -0.05) is 22.9 Å². The van der Waals surface area contributed by atoms with Crippen molar-refractivity contribution < 1.29 is 4.79 Å². The van der Waals surface area contributed by atoms with Crippen LogP contribution in [0.15, 0.2) is 27.6 Å². The van der Waals surface area contributed by atoms with Gasteiger partial charge in [-0.25, -0.2) is 0 Å². The van der Waals surface area contributed by atoms with Gasteiger partial charge in [0.15, 0.2) is 0 Å². The highest BCUT2D eigenvalue weighted by Crippen LogP contribution is 2.29. The number of thioether (sulfide) groups is 1. The summed E-state index contributed by atoms with van der Waals surface area (Å²) in [5.41, 5.74) is 6.67. The normalized spacial score (nSPS) is 19.1. The molecule has 1 atom stereocenters. The third kappa shape index (κ3) is 3.92. The lowest BCUT2D eigenvalue weighted by atomic mass is 10.0. The number of rotatable bonds is 4. The van der Waals surface area contributed by atoms with E-state index in [2.05, 4.69) is 27.8 Å². The standard InChI is InChI=1S/C15H21BrN2OS/c1-2-12-5-3-4-8-18(12)15(19)10-20-14-9-11(16)6-7-13(14)17/h6-7,9,12H,2-5,8,10,17H2,1H3. The van der Waals surface area contributed by atoms with Crippen LogP contribution in [0.1, 0.15) is 32.6 Å². The summed E-state index contributed by atoms with van der Waals surface area (Å²) in [5.74, 6) is 0.706. The van der Waals surface area contributed by atoms with E-state index < -0.39 is 0 Å². The van der Waals surface area contributed by atoms with Gasteiger partial charge in [0.25, 0.3) is 0 Å². The van der Waals surface area contributed by atoms with Gasteiger partial charge < -0.3 is 10.6 Å². The first-order valence-corrected chi connectivity index (χ1v) is 8.87. The van der Waals surface area contributed by atoms with Crippen LogP contribution in [0.5, 0.6) is 0 Å². The van der Waals surface area contributed by atoms with E-state index in [0.717, 1.165) is 40.9 Å². The molecule has 0 aliphatic carbocycles. The molecule has 5 heteroatoms. The van der Waals surface area contributed by atoms with Crippen LogP contribution in [0.2, 0.25) is 0 Å². The number of carbonyl (C=O) groups is 1. The number of amides is 1. The molecule has 1 aliphatic heterocycles. The number of benzene rings is 1. The van der Waals surface area contributed by atoms with Gasteiger partial charge in [-0.15, -0.1) is 11.8 Å². The highest BCUT2D eigenvalue weighted by atomic mass is 79.9. The van der Waals surface area contributed by atoms with Crippen molar-refractivity contribution in [1.29, 1.82) is 0 Å². The quantitative estimate of drug-likeness (QED) is 0.656. The number of carbonyl (C=O) groups excluding carboxylic acids is 1. The van der Waals surface area contributed by atoms with E-state index in [1.54, 1.807) is 0 Å². The van der Waals surface area contributed by atoms with Crippen LogP contribution >= 0.6 is 27.7 Å². The summed E-state index contributed by atoms with van der Waals surface area (Å²) in [4.78, 5) is 15.4. The lowest BCUT2D eigenvalue weighted by Gasteiger charge is -2.35. The predicted molar refractivity (Wildman–Crippen MR) is 88.9 cm³/mol. The van der Waals surface area contributed by atoms with Gasteiger partial charge in [0.05, 0.1) is 5.75 Å². The molecule has 0 spiro atoms. The summed E-state index contributed by atoms with van der Waals surface area (Å²) in [5, 5.41) is 0. The summed E-state index contributed by atoms with van der Waals surface area (Å²) >= 11 is 4.97. The molecule has 1 aromatic carbocycles. The van der Waals surface area contributed by atoms with Crippen LogP contribution in [-0.2, 0) is 4.79 Å². The smallest absolute Gasteiger partial charge is 0.233 e. The summed E-state index contributed by atoms with van der Waals surface area (Å²) in [6.07, 6.45) is 4.57. The fourth-order valence-corrected chi connectivity index (χ4v) is 4.01. The summed E-state index contributed by atoms with van der Waals surface area (Å²) in [6, 6.07) is 6.18. The molecule has 0 bridgehead atoms. The maximum atomic E-state index is 12.4. The third-order valence-electron chi connectivity index (χ3n) is 3.75. The van der Waals surface area contributed by atoms with Gasteiger partial charge in [-0.2, -0.15) is 0 Å². The Morgan fingerprint density at radius 2 is 2.30 bits per heavy atom. The molecular weight excluding hydrogens is 336 g/mol. The van der Waals surface area contributed by atoms with Gasteiger partial charge in [0.1, 0.15) is 0 Å². The molecule has 0 aromatic heterocycles. The van der Waals surface area contributed by atoms with Gasteiger partial charge >= 0.3 is 0 Å². The molecule has 2 rings (SSSR count). The fourth-order valence-electron chi connectivity index (χ4n) is 2.61. The number of nitrogens with two attached hydrogens (primary N) is 1. The Balaban J connectivity index is 1.95. The van der Waals surface area contributed by atoms with Crippen LogP contribution in [0.4, 0.5) is 5.69 Å². The Bertz CT molecular complexity index is 481. The first-order valence-electron chi connectivity index (χ1n) is 7.09. The number of hydrogen-bond acceptors (Lipinski definition) is 3. The second-order valence-electron chi connectivity index (χ2n) is 5.12. The number of likely N-dealkylation sites (tertiary alicyclic amines) is 1. The van der Waals surface area contributed by atoms with Crippen LogP contribution in [-0.4, -0.2) is 29.1 Å². The molecule has 1 saturated heterocycles. The number of nitrogen functional groups attached to an aromatic ring is 1. The highest BCUT2D eigenvalue weighted by Gasteiger charge is 2.25. The molecule has 2 N–H and O–H groups in total. The van der Waals surface area contributed by atoms with Gasteiger partial charge in [-0.3, -0.25) is 4.79 Å². The van der Waals surface area contributed by atoms with Gasteiger partial charge in [0.2, 0.25) is 5.91 Å². The molecule has 1 fully saturated rings. The molecule has 20 heavy (non-hydrogen) atoms.